The fraction of sp³-hybridized carbons (Fsp3) is 0.750. The first-order valence-electron chi connectivity index (χ1n) is 5.96. The van der Waals surface area contributed by atoms with Crippen LogP contribution in [-0.4, -0.2) is 35.1 Å². The predicted molar refractivity (Wildman–Crippen MR) is 68.9 cm³/mol. The first-order chi connectivity index (χ1) is 7.56. The molecule has 0 amide bonds. The topological polar surface area (TPSA) is 28.2 Å². The zero-order valence-corrected chi connectivity index (χ0v) is 11.4. The molecule has 1 aliphatic heterocycles. The van der Waals surface area contributed by atoms with Crippen molar-refractivity contribution in [2.24, 2.45) is 0 Å². The number of aryl methyl sites for hydroxylation is 2. The average Bonchev–Trinajstić information content (AvgIpc) is 2.52. The first-order valence-corrected chi connectivity index (χ1v) is 6.78. The number of nitrogens with zero attached hydrogens (tertiary/aromatic N) is 2. The molecule has 1 fully saturated rings. The minimum atomic E-state index is 0.596. The SMILES string of the molecule is Cc1nc(CN2CC(C)NCC2C)sc1C. The van der Waals surface area contributed by atoms with Crippen LogP contribution in [-0.2, 0) is 6.54 Å². The molecule has 2 atom stereocenters. The fourth-order valence-corrected chi connectivity index (χ4v) is 3.06. The van der Waals surface area contributed by atoms with Crippen molar-refractivity contribution in [2.75, 3.05) is 13.1 Å². The monoisotopic (exact) mass is 239 g/mol. The maximum atomic E-state index is 4.62. The van der Waals surface area contributed by atoms with Crippen LogP contribution in [0.25, 0.3) is 0 Å². The Labute approximate surface area is 102 Å². The molecule has 16 heavy (non-hydrogen) atoms. The second-order valence-corrected chi connectivity index (χ2v) is 6.12. The number of thiazole rings is 1. The minimum Gasteiger partial charge on any atom is -0.311 e. The fourth-order valence-electron chi connectivity index (χ4n) is 2.10. The molecule has 0 spiro atoms. The van der Waals surface area contributed by atoms with Crippen molar-refractivity contribution in [3.05, 3.63) is 15.6 Å². The highest BCUT2D eigenvalue weighted by Crippen LogP contribution is 2.20. The Morgan fingerprint density at radius 1 is 1.44 bits per heavy atom. The molecule has 2 rings (SSSR count). The number of nitrogens with one attached hydrogen (secondary N) is 1. The molecule has 0 radical (unpaired) electrons. The summed E-state index contributed by atoms with van der Waals surface area (Å²) in [7, 11) is 0. The third-order valence-electron chi connectivity index (χ3n) is 3.30. The Hall–Kier alpha value is -0.450. The lowest BCUT2D eigenvalue weighted by molar-refractivity contribution is 0.138. The minimum absolute atomic E-state index is 0.596. The van der Waals surface area contributed by atoms with Crippen LogP contribution in [0.2, 0.25) is 0 Å². The Morgan fingerprint density at radius 2 is 2.19 bits per heavy atom. The summed E-state index contributed by atoms with van der Waals surface area (Å²) in [5, 5.41) is 4.77. The third-order valence-corrected chi connectivity index (χ3v) is 4.36. The van der Waals surface area contributed by atoms with Gasteiger partial charge < -0.3 is 5.32 Å². The molecule has 2 unspecified atom stereocenters. The van der Waals surface area contributed by atoms with Crippen LogP contribution in [0.1, 0.15) is 29.4 Å². The quantitative estimate of drug-likeness (QED) is 0.855. The summed E-state index contributed by atoms with van der Waals surface area (Å²) in [5.41, 5.74) is 1.19. The van der Waals surface area contributed by atoms with E-state index in [9.17, 15) is 0 Å². The highest BCUT2D eigenvalue weighted by molar-refractivity contribution is 7.11. The largest absolute Gasteiger partial charge is 0.311 e. The molecule has 1 aromatic rings. The lowest BCUT2D eigenvalue weighted by Crippen LogP contribution is -2.53. The van der Waals surface area contributed by atoms with Crippen LogP contribution >= 0.6 is 11.3 Å². The summed E-state index contributed by atoms with van der Waals surface area (Å²) < 4.78 is 0. The van der Waals surface area contributed by atoms with Gasteiger partial charge in [-0.05, 0) is 27.7 Å². The average molecular weight is 239 g/mol. The molecule has 1 N–H and O–H groups in total. The van der Waals surface area contributed by atoms with E-state index in [0.717, 1.165) is 19.6 Å². The summed E-state index contributed by atoms with van der Waals surface area (Å²) in [6.07, 6.45) is 0. The molecule has 1 saturated heterocycles. The van der Waals surface area contributed by atoms with Crippen LogP contribution in [0.5, 0.6) is 0 Å². The van der Waals surface area contributed by atoms with Gasteiger partial charge in [-0.2, -0.15) is 0 Å². The van der Waals surface area contributed by atoms with E-state index in [1.165, 1.54) is 15.6 Å². The molecular weight excluding hydrogens is 218 g/mol. The maximum Gasteiger partial charge on any atom is 0.107 e. The van der Waals surface area contributed by atoms with Gasteiger partial charge in [-0.15, -0.1) is 11.3 Å². The molecule has 1 aromatic heterocycles. The zero-order valence-electron chi connectivity index (χ0n) is 10.6. The highest BCUT2D eigenvalue weighted by Gasteiger charge is 2.23. The second-order valence-electron chi connectivity index (χ2n) is 4.84. The van der Waals surface area contributed by atoms with E-state index in [1.54, 1.807) is 0 Å². The Kier molecular flexibility index (Phi) is 3.62. The molecule has 1 aliphatic rings. The molecule has 3 nitrogen and oxygen atoms in total. The molecule has 0 aliphatic carbocycles. The predicted octanol–water partition coefficient (Wildman–Crippen LogP) is 1.94. The van der Waals surface area contributed by atoms with Crippen molar-refractivity contribution in [1.29, 1.82) is 0 Å². The first kappa shape index (κ1) is 12.0. The summed E-state index contributed by atoms with van der Waals surface area (Å²) in [6.45, 7) is 12.0. The Balaban J connectivity index is 2.02. The molecule has 90 valence electrons. The molecule has 4 heteroatoms. The molecular formula is C12H21N3S. The van der Waals surface area contributed by atoms with E-state index in [0.29, 0.717) is 12.1 Å². The molecule has 0 saturated carbocycles. The number of piperazine rings is 1. The maximum absolute atomic E-state index is 4.62. The van der Waals surface area contributed by atoms with Gasteiger partial charge in [0.1, 0.15) is 5.01 Å². The number of hydrogen-bond donors (Lipinski definition) is 1. The summed E-state index contributed by atoms with van der Waals surface area (Å²) in [6, 6.07) is 1.21. The lowest BCUT2D eigenvalue weighted by atomic mass is 10.1. The van der Waals surface area contributed by atoms with Gasteiger partial charge in [-0.1, -0.05) is 0 Å². The number of aromatic nitrogens is 1. The Morgan fingerprint density at radius 3 is 2.81 bits per heavy atom. The van der Waals surface area contributed by atoms with Gasteiger partial charge in [0.15, 0.2) is 0 Å². The van der Waals surface area contributed by atoms with E-state index in [4.69, 9.17) is 0 Å². The molecule has 2 heterocycles. The summed E-state index contributed by atoms with van der Waals surface area (Å²) in [5.74, 6) is 0. The van der Waals surface area contributed by atoms with Crippen molar-refractivity contribution in [1.82, 2.24) is 15.2 Å². The lowest BCUT2D eigenvalue weighted by Gasteiger charge is -2.36. The zero-order chi connectivity index (χ0) is 11.7. The van der Waals surface area contributed by atoms with Gasteiger partial charge in [0.05, 0.1) is 12.2 Å². The number of hydrogen-bond acceptors (Lipinski definition) is 4. The van der Waals surface area contributed by atoms with E-state index in [-0.39, 0.29) is 0 Å². The van der Waals surface area contributed by atoms with E-state index >= 15 is 0 Å². The highest BCUT2D eigenvalue weighted by atomic mass is 32.1. The van der Waals surface area contributed by atoms with Crippen LogP contribution in [0.15, 0.2) is 0 Å². The summed E-state index contributed by atoms with van der Waals surface area (Å²) >= 11 is 1.84. The van der Waals surface area contributed by atoms with Crippen LogP contribution < -0.4 is 5.32 Å². The van der Waals surface area contributed by atoms with Crippen molar-refractivity contribution >= 4 is 11.3 Å². The normalized spacial score (nSPS) is 27.2. The standard InChI is InChI=1S/C12H21N3S/c1-8-6-15(9(2)5-13-8)7-12-14-10(3)11(4)16-12/h8-9,13H,5-7H2,1-4H3. The van der Waals surface area contributed by atoms with E-state index < -0.39 is 0 Å². The van der Waals surface area contributed by atoms with Gasteiger partial charge in [-0.25, -0.2) is 4.98 Å². The van der Waals surface area contributed by atoms with Gasteiger partial charge in [-0.3, -0.25) is 4.90 Å². The second kappa shape index (κ2) is 4.82. The van der Waals surface area contributed by atoms with Crippen LogP contribution in [0.4, 0.5) is 0 Å². The van der Waals surface area contributed by atoms with Gasteiger partial charge in [0.25, 0.3) is 0 Å². The van der Waals surface area contributed by atoms with Crippen molar-refractivity contribution in [3.8, 4) is 0 Å². The molecule has 0 bridgehead atoms. The van der Waals surface area contributed by atoms with Gasteiger partial charge >= 0.3 is 0 Å². The number of rotatable bonds is 2. The van der Waals surface area contributed by atoms with Crippen molar-refractivity contribution in [3.63, 3.8) is 0 Å². The van der Waals surface area contributed by atoms with Crippen LogP contribution in [0.3, 0.4) is 0 Å². The van der Waals surface area contributed by atoms with Gasteiger partial charge in [0.2, 0.25) is 0 Å². The van der Waals surface area contributed by atoms with Gasteiger partial charge in [0, 0.05) is 30.1 Å². The van der Waals surface area contributed by atoms with Crippen molar-refractivity contribution < 1.29 is 0 Å². The smallest absolute Gasteiger partial charge is 0.107 e. The summed E-state index contributed by atoms with van der Waals surface area (Å²) in [4.78, 5) is 8.50. The van der Waals surface area contributed by atoms with Crippen molar-refractivity contribution in [2.45, 2.75) is 46.3 Å². The third kappa shape index (κ3) is 2.62. The van der Waals surface area contributed by atoms with E-state index in [1.807, 2.05) is 11.3 Å². The Bertz CT molecular complexity index is 342. The molecule has 0 aromatic carbocycles. The van der Waals surface area contributed by atoms with Crippen LogP contribution in [0, 0.1) is 13.8 Å². The van der Waals surface area contributed by atoms with E-state index in [2.05, 4.69) is 42.9 Å².